The van der Waals surface area contributed by atoms with E-state index in [2.05, 4.69) is 15.3 Å². The number of hydrogen-bond donors (Lipinski definition) is 1. The van der Waals surface area contributed by atoms with Gasteiger partial charge in [-0.2, -0.15) is 0 Å². The van der Waals surface area contributed by atoms with Gasteiger partial charge in [-0.25, -0.2) is 4.98 Å². The van der Waals surface area contributed by atoms with Crippen LogP contribution in [0.2, 0.25) is 0 Å². The van der Waals surface area contributed by atoms with Crippen molar-refractivity contribution in [3.05, 3.63) is 63.8 Å². The van der Waals surface area contributed by atoms with Crippen LogP contribution in [-0.4, -0.2) is 20.4 Å². The van der Waals surface area contributed by atoms with Crippen LogP contribution >= 0.6 is 0 Å². The van der Waals surface area contributed by atoms with Crippen LogP contribution in [0.3, 0.4) is 0 Å². The molecule has 6 heteroatoms. The summed E-state index contributed by atoms with van der Waals surface area (Å²) < 4.78 is 1.42. The van der Waals surface area contributed by atoms with E-state index in [1.807, 2.05) is 39.0 Å². The summed E-state index contributed by atoms with van der Waals surface area (Å²) in [4.78, 5) is 33.0. The molecule has 2 aromatic heterocycles. The standard InChI is InChI=1S/C18H18N4O2/c1-11-8-12(2)20-13(3)18(11)21-16(23)10-22-15-7-5-4-6-14(15)19-9-17(22)24/h4-9H,10H2,1-3H3,(H,21,23). The molecule has 0 fully saturated rings. The van der Waals surface area contributed by atoms with Crippen LogP contribution in [0.1, 0.15) is 17.0 Å². The number of aryl methyl sites for hydroxylation is 3. The maximum Gasteiger partial charge on any atom is 0.269 e. The molecule has 0 aliphatic rings. The Kier molecular flexibility index (Phi) is 4.12. The van der Waals surface area contributed by atoms with E-state index in [1.54, 1.807) is 12.1 Å². The molecule has 2 heterocycles. The number of rotatable bonds is 3. The molecule has 0 saturated heterocycles. The van der Waals surface area contributed by atoms with Crippen molar-refractivity contribution >= 4 is 22.6 Å². The molecule has 24 heavy (non-hydrogen) atoms. The van der Waals surface area contributed by atoms with E-state index >= 15 is 0 Å². The van der Waals surface area contributed by atoms with Crippen LogP contribution in [0.5, 0.6) is 0 Å². The van der Waals surface area contributed by atoms with E-state index in [-0.39, 0.29) is 18.0 Å². The smallest absolute Gasteiger partial charge is 0.269 e. The lowest BCUT2D eigenvalue weighted by atomic mass is 10.1. The van der Waals surface area contributed by atoms with Gasteiger partial charge in [0.15, 0.2) is 0 Å². The van der Waals surface area contributed by atoms with Gasteiger partial charge in [0.05, 0.1) is 28.6 Å². The first-order chi connectivity index (χ1) is 11.5. The zero-order valence-electron chi connectivity index (χ0n) is 13.8. The van der Waals surface area contributed by atoms with E-state index in [0.29, 0.717) is 16.7 Å². The molecular weight excluding hydrogens is 304 g/mol. The Bertz CT molecular complexity index is 969. The minimum atomic E-state index is -0.306. The number of pyridine rings is 1. The van der Waals surface area contributed by atoms with E-state index < -0.39 is 0 Å². The minimum Gasteiger partial charge on any atom is -0.323 e. The Hall–Kier alpha value is -3.02. The Balaban J connectivity index is 1.92. The predicted octanol–water partition coefficient (Wildman–Crippen LogP) is 2.36. The highest BCUT2D eigenvalue weighted by Gasteiger charge is 2.12. The fraction of sp³-hybridized carbons (Fsp3) is 0.222. The van der Waals surface area contributed by atoms with Gasteiger partial charge in [0, 0.05) is 5.69 Å². The first-order valence-electron chi connectivity index (χ1n) is 7.65. The van der Waals surface area contributed by atoms with Crippen molar-refractivity contribution in [2.24, 2.45) is 0 Å². The summed E-state index contributed by atoms with van der Waals surface area (Å²) in [5.41, 5.74) is 4.30. The summed E-state index contributed by atoms with van der Waals surface area (Å²) in [6.45, 7) is 5.61. The van der Waals surface area contributed by atoms with E-state index in [4.69, 9.17) is 0 Å². The summed E-state index contributed by atoms with van der Waals surface area (Å²) in [7, 11) is 0. The number of nitrogens with one attached hydrogen (secondary N) is 1. The summed E-state index contributed by atoms with van der Waals surface area (Å²) in [5.74, 6) is -0.273. The Labute approximate surface area is 139 Å². The first kappa shape index (κ1) is 15.9. The quantitative estimate of drug-likeness (QED) is 0.803. The normalized spacial score (nSPS) is 10.8. The monoisotopic (exact) mass is 322 g/mol. The number of anilines is 1. The number of hydrogen-bond acceptors (Lipinski definition) is 4. The number of fused-ring (bicyclic) bond motifs is 1. The molecule has 122 valence electrons. The third-order valence-corrected chi connectivity index (χ3v) is 3.84. The number of benzene rings is 1. The fourth-order valence-electron chi connectivity index (χ4n) is 2.81. The lowest BCUT2D eigenvalue weighted by Gasteiger charge is -2.13. The third kappa shape index (κ3) is 3.03. The van der Waals surface area contributed by atoms with Gasteiger partial charge in [0.2, 0.25) is 5.91 Å². The second-order valence-corrected chi connectivity index (χ2v) is 5.76. The van der Waals surface area contributed by atoms with Gasteiger partial charge in [-0.3, -0.25) is 19.1 Å². The van der Waals surface area contributed by atoms with Gasteiger partial charge < -0.3 is 5.32 Å². The number of aromatic nitrogens is 3. The van der Waals surface area contributed by atoms with Crippen molar-refractivity contribution in [2.75, 3.05) is 5.32 Å². The van der Waals surface area contributed by atoms with Gasteiger partial charge in [-0.05, 0) is 44.5 Å². The van der Waals surface area contributed by atoms with E-state index in [1.165, 1.54) is 10.8 Å². The third-order valence-electron chi connectivity index (χ3n) is 3.84. The van der Waals surface area contributed by atoms with Crippen molar-refractivity contribution in [3.8, 4) is 0 Å². The first-order valence-corrected chi connectivity index (χ1v) is 7.65. The molecule has 1 N–H and O–H groups in total. The largest absolute Gasteiger partial charge is 0.323 e. The molecular formula is C18H18N4O2. The molecule has 1 aromatic carbocycles. The van der Waals surface area contributed by atoms with Crippen molar-refractivity contribution in [3.63, 3.8) is 0 Å². The number of carbonyl (C=O) groups excluding carboxylic acids is 1. The van der Waals surface area contributed by atoms with Crippen molar-refractivity contribution < 1.29 is 4.79 Å². The minimum absolute atomic E-state index is 0.0748. The highest BCUT2D eigenvalue weighted by atomic mass is 16.2. The van der Waals surface area contributed by atoms with Crippen LogP contribution in [0.4, 0.5) is 5.69 Å². The lowest BCUT2D eigenvalue weighted by Crippen LogP contribution is -2.28. The Morgan fingerprint density at radius 1 is 1.21 bits per heavy atom. The van der Waals surface area contributed by atoms with Crippen molar-refractivity contribution in [2.45, 2.75) is 27.3 Å². The topological polar surface area (TPSA) is 76.9 Å². The van der Waals surface area contributed by atoms with E-state index in [9.17, 15) is 9.59 Å². The number of nitrogens with zero attached hydrogens (tertiary/aromatic N) is 3. The van der Waals surface area contributed by atoms with Gasteiger partial charge in [0.25, 0.3) is 5.56 Å². The Morgan fingerprint density at radius 3 is 2.71 bits per heavy atom. The molecule has 0 atom stereocenters. The molecule has 3 rings (SSSR count). The zero-order valence-corrected chi connectivity index (χ0v) is 13.8. The van der Waals surface area contributed by atoms with Crippen molar-refractivity contribution in [1.29, 1.82) is 0 Å². The molecule has 0 unspecified atom stereocenters. The van der Waals surface area contributed by atoms with Gasteiger partial charge >= 0.3 is 0 Å². The van der Waals surface area contributed by atoms with Crippen LogP contribution in [0.25, 0.3) is 11.0 Å². The molecule has 1 amide bonds. The maximum absolute atomic E-state index is 12.4. The molecule has 0 aliphatic heterocycles. The number of amides is 1. The van der Waals surface area contributed by atoms with Gasteiger partial charge in [0.1, 0.15) is 6.54 Å². The summed E-state index contributed by atoms with van der Waals surface area (Å²) in [6, 6.07) is 9.16. The molecule has 0 radical (unpaired) electrons. The predicted molar refractivity (Wildman–Crippen MR) is 93.1 cm³/mol. The summed E-state index contributed by atoms with van der Waals surface area (Å²) in [6.07, 6.45) is 1.24. The average molecular weight is 322 g/mol. The zero-order chi connectivity index (χ0) is 17.3. The molecule has 6 nitrogen and oxygen atoms in total. The van der Waals surface area contributed by atoms with Crippen molar-refractivity contribution in [1.82, 2.24) is 14.5 Å². The Morgan fingerprint density at radius 2 is 1.96 bits per heavy atom. The SMILES string of the molecule is Cc1cc(C)c(NC(=O)Cn2c(=O)cnc3ccccc32)c(C)n1. The van der Waals surface area contributed by atoms with Crippen LogP contribution < -0.4 is 10.9 Å². The molecule has 0 spiro atoms. The highest BCUT2D eigenvalue weighted by molar-refractivity contribution is 5.92. The molecule has 0 bridgehead atoms. The summed E-state index contributed by atoms with van der Waals surface area (Å²) >= 11 is 0. The molecule has 0 aliphatic carbocycles. The van der Waals surface area contributed by atoms with Crippen LogP contribution in [-0.2, 0) is 11.3 Å². The highest BCUT2D eigenvalue weighted by Crippen LogP contribution is 2.19. The average Bonchev–Trinajstić information content (AvgIpc) is 2.53. The second kappa shape index (κ2) is 6.23. The number of para-hydroxylation sites is 2. The molecule has 3 aromatic rings. The van der Waals surface area contributed by atoms with Gasteiger partial charge in [-0.1, -0.05) is 12.1 Å². The van der Waals surface area contributed by atoms with Crippen LogP contribution in [0.15, 0.2) is 41.3 Å². The maximum atomic E-state index is 12.4. The van der Waals surface area contributed by atoms with Gasteiger partial charge in [-0.15, -0.1) is 0 Å². The lowest BCUT2D eigenvalue weighted by molar-refractivity contribution is -0.116. The summed E-state index contributed by atoms with van der Waals surface area (Å²) in [5, 5.41) is 2.86. The van der Waals surface area contributed by atoms with Crippen LogP contribution in [0, 0.1) is 20.8 Å². The molecule has 0 saturated carbocycles. The second-order valence-electron chi connectivity index (χ2n) is 5.76. The van der Waals surface area contributed by atoms with E-state index in [0.717, 1.165) is 17.0 Å². The fourth-order valence-corrected chi connectivity index (χ4v) is 2.81. The number of carbonyl (C=O) groups is 1.